The Morgan fingerprint density at radius 2 is 2.11 bits per heavy atom. The van der Waals surface area contributed by atoms with Gasteiger partial charge in [0.2, 0.25) is 5.91 Å². The fourth-order valence-corrected chi connectivity index (χ4v) is 3.21. The molecule has 2 heterocycles. The van der Waals surface area contributed by atoms with Crippen molar-refractivity contribution in [2.45, 2.75) is 6.18 Å². The number of alkyl halides is 3. The Morgan fingerprint density at radius 3 is 2.79 bits per heavy atom. The SMILES string of the molecule is O=C1C2C(C(F)(F)F)=CC(Br)=CC2=C2CNCCN12. The van der Waals surface area contributed by atoms with E-state index in [0.717, 1.165) is 6.08 Å². The summed E-state index contributed by atoms with van der Waals surface area (Å²) >= 11 is 3.09. The van der Waals surface area contributed by atoms with E-state index in [2.05, 4.69) is 21.2 Å². The number of halogens is 4. The van der Waals surface area contributed by atoms with E-state index < -0.39 is 23.6 Å². The predicted octanol–water partition coefficient (Wildman–Crippen LogP) is 2.08. The molecule has 2 aliphatic heterocycles. The molecule has 1 unspecified atom stereocenters. The number of piperazine rings is 1. The first-order valence-corrected chi connectivity index (χ1v) is 6.60. The molecule has 0 aromatic heterocycles. The van der Waals surface area contributed by atoms with E-state index >= 15 is 0 Å². The number of nitrogens with zero attached hydrogens (tertiary/aromatic N) is 1. The Bertz CT molecular complexity index is 548. The van der Waals surface area contributed by atoms with Gasteiger partial charge in [-0.3, -0.25) is 4.79 Å². The zero-order valence-corrected chi connectivity index (χ0v) is 11.3. The minimum Gasteiger partial charge on any atom is -0.312 e. The molecule has 102 valence electrons. The van der Waals surface area contributed by atoms with Gasteiger partial charge in [0, 0.05) is 29.8 Å². The third-order valence-corrected chi connectivity index (χ3v) is 3.97. The second-order valence-corrected chi connectivity index (χ2v) is 5.54. The number of carbonyl (C=O) groups is 1. The highest BCUT2D eigenvalue weighted by Crippen LogP contribution is 2.46. The van der Waals surface area contributed by atoms with Crippen molar-refractivity contribution in [3.05, 3.63) is 33.5 Å². The van der Waals surface area contributed by atoms with Crippen molar-refractivity contribution in [1.29, 1.82) is 0 Å². The molecule has 3 nitrogen and oxygen atoms in total. The number of amides is 1. The molecule has 0 spiro atoms. The van der Waals surface area contributed by atoms with E-state index in [0.29, 0.717) is 35.4 Å². The van der Waals surface area contributed by atoms with Crippen molar-refractivity contribution in [2.75, 3.05) is 19.6 Å². The van der Waals surface area contributed by atoms with Gasteiger partial charge >= 0.3 is 6.18 Å². The average molecular weight is 335 g/mol. The molecule has 1 saturated heterocycles. The van der Waals surface area contributed by atoms with Gasteiger partial charge in [-0.05, 0) is 17.7 Å². The second kappa shape index (κ2) is 4.21. The van der Waals surface area contributed by atoms with Gasteiger partial charge in [0.1, 0.15) is 0 Å². The molecule has 7 heteroatoms. The van der Waals surface area contributed by atoms with E-state index in [1.165, 1.54) is 4.90 Å². The lowest BCUT2D eigenvalue weighted by molar-refractivity contribution is -0.135. The number of hydrogen-bond donors (Lipinski definition) is 1. The van der Waals surface area contributed by atoms with E-state index in [1.54, 1.807) is 6.08 Å². The van der Waals surface area contributed by atoms with Crippen LogP contribution in [-0.4, -0.2) is 36.6 Å². The maximum atomic E-state index is 13.1. The lowest BCUT2D eigenvalue weighted by atomic mass is 9.87. The van der Waals surface area contributed by atoms with E-state index in [4.69, 9.17) is 0 Å². The smallest absolute Gasteiger partial charge is 0.312 e. The highest BCUT2D eigenvalue weighted by Gasteiger charge is 2.50. The Labute approximate surface area is 116 Å². The summed E-state index contributed by atoms with van der Waals surface area (Å²) < 4.78 is 39.6. The quantitative estimate of drug-likeness (QED) is 0.735. The maximum Gasteiger partial charge on any atom is 0.413 e. The van der Waals surface area contributed by atoms with Crippen LogP contribution in [0.1, 0.15) is 0 Å². The summed E-state index contributed by atoms with van der Waals surface area (Å²) in [7, 11) is 0. The number of rotatable bonds is 0. The van der Waals surface area contributed by atoms with Gasteiger partial charge in [0.15, 0.2) is 0 Å². The molecule has 1 N–H and O–H groups in total. The third kappa shape index (κ3) is 1.95. The average Bonchev–Trinajstić information content (AvgIpc) is 2.62. The van der Waals surface area contributed by atoms with Gasteiger partial charge in [-0.1, -0.05) is 15.9 Å². The van der Waals surface area contributed by atoms with Crippen LogP contribution in [-0.2, 0) is 4.79 Å². The molecule has 1 atom stereocenters. The predicted molar refractivity (Wildman–Crippen MR) is 66.2 cm³/mol. The van der Waals surface area contributed by atoms with Crippen molar-refractivity contribution in [1.82, 2.24) is 10.2 Å². The maximum absolute atomic E-state index is 13.1. The van der Waals surface area contributed by atoms with E-state index in [1.807, 2.05) is 0 Å². The van der Waals surface area contributed by atoms with Gasteiger partial charge in [-0.2, -0.15) is 13.2 Å². The van der Waals surface area contributed by atoms with Gasteiger partial charge in [-0.15, -0.1) is 0 Å². The fourth-order valence-electron chi connectivity index (χ4n) is 2.72. The normalized spacial score (nSPS) is 27.1. The largest absolute Gasteiger partial charge is 0.413 e. The number of fused-ring (bicyclic) bond motifs is 2. The standard InChI is InChI=1S/C12H10BrF3N2O/c13-6-3-7-9-5-17-1-2-18(9)11(19)10(7)8(4-6)12(14,15)16/h3-4,10,17H,1-2,5H2. The topological polar surface area (TPSA) is 32.3 Å². The summed E-state index contributed by atoms with van der Waals surface area (Å²) in [5, 5.41) is 3.08. The van der Waals surface area contributed by atoms with Crippen LogP contribution in [0.5, 0.6) is 0 Å². The molecule has 3 rings (SSSR count). The molecule has 1 fully saturated rings. The second-order valence-electron chi connectivity index (χ2n) is 4.63. The van der Waals surface area contributed by atoms with E-state index in [9.17, 15) is 18.0 Å². The highest BCUT2D eigenvalue weighted by atomic mass is 79.9. The molecule has 19 heavy (non-hydrogen) atoms. The van der Waals surface area contributed by atoms with Gasteiger partial charge in [-0.25, -0.2) is 0 Å². The highest BCUT2D eigenvalue weighted by molar-refractivity contribution is 9.11. The molecular formula is C12H10BrF3N2O. The molecule has 0 bridgehead atoms. The van der Waals surface area contributed by atoms with Crippen molar-refractivity contribution < 1.29 is 18.0 Å². The van der Waals surface area contributed by atoms with Crippen molar-refractivity contribution in [2.24, 2.45) is 5.92 Å². The minimum absolute atomic E-state index is 0.346. The van der Waals surface area contributed by atoms with Gasteiger partial charge in [0.05, 0.1) is 11.5 Å². The number of hydrogen-bond acceptors (Lipinski definition) is 2. The summed E-state index contributed by atoms with van der Waals surface area (Å²) in [6.07, 6.45) is -1.89. The van der Waals surface area contributed by atoms with Crippen LogP contribution in [0.15, 0.2) is 33.5 Å². The van der Waals surface area contributed by atoms with Crippen molar-refractivity contribution in [3.63, 3.8) is 0 Å². The molecule has 0 saturated carbocycles. The number of carbonyl (C=O) groups excluding carboxylic acids is 1. The zero-order valence-electron chi connectivity index (χ0n) is 9.72. The summed E-state index contributed by atoms with van der Waals surface area (Å²) in [4.78, 5) is 13.7. The lowest BCUT2D eigenvalue weighted by Gasteiger charge is -2.26. The third-order valence-electron chi connectivity index (χ3n) is 3.51. The summed E-state index contributed by atoms with van der Waals surface area (Å²) in [6, 6.07) is 0. The monoisotopic (exact) mass is 334 g/mol. The van der Waals surface area contributed by atoms with Crippen LogP contribution < -0.4 is 5.32 Å². The molecule has 0 aromatic rings. The van der Waals surface area contributed by atoms with Crippen molar-refractivity contribution >= 4 is 21.8 Å². The molecule has 1 aliphatic carbocycles. The van der Waals surface area contributed by atoms with Crippen molar-refractivity contribution in [3.8, 4) is 0 Å². The van der Waals surface area contributed by atoms with Crippen LogP contribution in [0.3, 0.4) is 0 Å². The summed E-state index contributed by atoms with van der Waals surface area (Å²) in [5.74, 6) is -1.66. The lowest BCUT2D eigenvalue weighted by Crippen LogP contribution is -2.43. The first-order chi connectivity index (χ1) is 8.89. The summed E-state index contributed by atoms with van der Waals surface area (Å²) in [5.41, 5.74) is 0.329. The first-order valence-electron chi connectivity index (χ1n) is 5.80. The number of nitrogens with one attached hydrogen (secondary N) is 1. The van der Waals surface area contributed by atoms with Crippen LogP contribution in [0.4, 0.5) is 13.2 Å². The molecule has 1 amide bonds. The van der Waals surface area contributed by atoms with Crippen LogP contribution in [0, 0.1) is 5.92 Å². The van der Waals surface area contributed by atoms with Crippen LogP contribution in [0.2, 0.25) is 0 Å². The minimum atomic E-state index is -4.50. The van der Waals surface area contributed by atoms with Gasteiger partial charge in [0.25, 0.3) is 0 Å². The van der Waals surface area contributed by atoms with E-state index in [-0.39, 0.29) is 0 Å². The Balaban J connectivity index is 2.13. The van der Waals surface area contributed by atoms with Crippen LogP contribution >= 0.6 is 15.9 Å². The van der Waals surface area contributed by atoms with Crippen LogP contribution in [0.25, 0.3) is 0 Å². The zero-order chi connectivity index (χ0) is 13.8. The Morgan fingerprint density at radius 1 is 1.37 bits per heavy atom. The van der Waals surface area contributed by atoms with Gasteiger partial charge < -0.3 is 10.2 Å². The Hall–Kier alpha value is -1.08. The molecule has 0 aromatic carbocycles. The molecular weight excluding hydrogens is 325 g/mol. The Kier molecular flexibility index (Phi) is 2.86. The molecule has 0 radical (unpaired) electrons. The molecule has 3 aliphatic rings. The number of allylic oxidation sites excluding steroid dienone is 3. The fraction of sp³-hybridized carbons (Fsp3) is 0.417. The first kappa shape index (κ1) is 12.9. The summed E-state index contributed by atoms with van der Waals surface area (Å²) in [6.45, 7) is 1.45.